The fourth-order valence-corrected chi connectivity index (χ4v) is 2.23. The summed E-state index contributed by atoms with van der Waals surface area (Å²) in [4.78, 5) is 37.2. The Balaban J connectivity index is 2.43. The fourth-order valence-electron chi connectivity index (χ4n) is 2.23. The summed E-state index contributed by atoms with van der Waals surface area (Å²) in [6.07, 6.45) is 1.07. The number of hydrogen-bond donors (Lipinski definition) is 0. The van der Waals surface area contributed by atoms with Crippen LogP contribution in [-0.2, 0) is 9.53 Å². The van der Waals surface area contributed by atoms with E-state index in [1.807, 2.05) is 6.07 Å². The van der Waals surface area contributed by atoms with Gasteiger partial charge in [-0.1, -0.05) is 54.6 Å². The zero-order valence-corrected chi connectivity index (χ0v) is 13.6. The van der Waals surface area contributed by atoms with E-state index < -0.39 is 17.5 Å². The average molecular weight is 322 g/mol. The van der Waals surface area contributed by atoms with Crippen LogP contribution in [0.5, 0.6) is 0 Å². The van der Waals surface area contributed by atoms with Crippen LogP contribution in [0.25, 0.3) is 0 Å². The lowest BCUT2D eigenvalue weighted by Crippen LogP contribution is -2.18. The van der Waals surface area contributed by atoms with E-state index in [2.05, 4.69) is 0 Å². The highest BCUT2D eigenvalue weighted by Gasteiger charge is 2.23. The van der Waals surface area contributed by atoms with Crippen molar-refractivity contribution in [3.63, 3.8) is 0 Å². The zero-order chi connectivity index (χ0) is 17.5. The molecule has 0 heterocycles. The van der Waals surface area contributed by atoms with Gasteiger partial charge in [-0.15, -0.1) is 0 Å². The molecule has 4 nitrogen and oxygen atoms in total. The summed E-state index contributed by atoms with van der Waals surface area (Å²) < 4.78 is 4.93. The van der Waals surface area contributed by atoms with Gasteiger partial charge in [-0.05, 0) is 19.4 Å². The van der Waals surface area contributed by atoms with Gasteiger partial charge in [0.25, 0.3) is 0 Å². The van der Waals surface area contributed by atoms with Crippen molar-refractivity contribution in [1.29, 1.82) is 0 Å². The number of ether oxygens (including phenoxy) is 1. The standard InChI is InChI=1S/C20H18O4/c1-3-24-20(23)17(19(22)15-10-5-4-6-11-15)13-18(21)16-12-8-7-9-14(16)2/h4-13H,3H2,1-2H3/b17-13+. The molecule has 0 atom stereocenters. The predicted octanol–water partition coefficient (Wildman–Crippen LogP) is 3.55. The Bertz CT molecular complexity index is 788. The zero-order valence-electron chi connectivity index (χ0n) is 13.6. The van der Waals surface area contributed by atoms with Crippen molar-refractivity contribution in [2.75, 3.05) is 6.61 Å². The molecule has 122 valence electrons. The number of carbonyl (C=O) groups excluding carboxylic acids is 3. The van der Waals surface area contributed by atoms with Gasteiger partial charge in [-0.2, -0.15) is 0 Å². The molecule has 0 saturated carbocycles. The Morgan fingerprint density at radius 1 is 0.958 bits per heavy atom. The lowest BCUT2D eigenvalue weighted by atomic mass is 9.98. The summed E-state index contributed by atoms with van der Waals surface area (Å²) >= 11 is 0. The molecule has 24 heavy (non-hydrogen) atoms. The van der Waals surface area contributed by atoms with Crippen LogP contribution in [0.4, 0.5) is 0 Å². The molecule has 0 aromatic heterocycles. The van der Waals surface area contributed by atoms with Crippen molar-refractivity contribution >= 4 is 17.5 Å². The van der Waals surface area contributed by atoms with Crippen LogP contribution in [0.15, 0.2) is 66.2 Å². The molecule has 0 unspecified atom stereocenters. The highest BCUT2D eigenvalue weighted by molar-refractivity contribution is 6.27. The van der Waals surface area contributed by atoms with Gasteiger partial charge in [0.1, 0.15) is 5.57 Å². The molecule has 0 N–H and O–H groups in total. The lowest BCUT2D eigenvalue weighted by Gasteiger charge is -2.07. The van der Waals surface area contributed by atoms with E-state index in [0.29, 0.717) is 11.1 Å². The number of ketones is 2. The molecule has 0 aliphatic carbocycles. The smallest absolute Gasteiger partial charge is 0.342 e. The first-order valence-electron chi connectivity index (χ1n) is 7.63. The van der Waals surface area contributed by atoms with Gasteiger partial charge in [0, 0.05) is 17.2 Å². The summed E-state index contributed by atoms with van der Waals surface area (Å²) in [5.74, 6) is -1.73. The van der Waals surface area contributed by atoms with Crippen molar-refractivity contribution in [3.05, 3.63) is 82.9 Å². The molecule has 0 radical (unpaired) electrons. The van der Waals surface area contributed by atoms with Crippen LogP contribution in [0.2, 0.25) is 0 Å². The first kappa shape index (κ1) is 17.3. The first-order valence-corrected chi connectivity index (χ1v) is 7.63. The largest absolute Gasteiger partial charge is 0.462 e. The topological polar surface area (TPSA) is 60.4 Å². The third-order valence-corrected chi connectivity index (χ3v) is 3.46. The van der Waals surface area contributed by atoms with Crippen molar-refractivity contribution < 1.29 is 19.1 Å². The maximum absolute atomic E-state index is 12.6. The maximum Gasteiger partial charge on any atom is 0.342 e. The number of carbonyl (C=O) groups is 3. The summed E-state index contributed by atoms with van der Waals surface area (Å²) in [5.41, 5.74) is 1.28. The quantitative estimate of drug-likeness (QED) is 0.268. The summed E-state index contributed by atoms with van der Waals surface area (Å²) in [6.45, 7) is 3.56. The number of Topliss-reactive ketones (excluding diaryl/α,β-unsaturated/α-hetero) is 1. The second kappa shape index (κ2) is 8.02. The third-order valence-electron chi connectivity index (χ3n) is 3.46. The molecule has 0 fully saturated rings. The van der Waals surface area contributed by atoms with Crippen LogP contribution in [-0.4, -0.2) is 24.1 Å². The van der Waals surface area contributed by atoms with Gasteiger partial charge in [-0.3, -0.25) is 9.59 Å². The molecule has 0 bridgehead atoms. The second-order valence-electron chi connectivity index (χ2n) is 5.15. The highest BCUT2D eigenvalue weighted by Crippen LogP contribution is 2.14. The molecule has 2 rings (SSSR count). The van der Waals surface area contributed by atoms with Crippen LogP contribution in [0.1, 0.15) is 33.2 Å². The van der Waals surface area contributed by atoms with Crippen molar-refractivity contribution in [3.8, 4) is 0 Å². The Morgan fingerprint density at radius 3 is 2.21 bits per heavy atom. The Morgan fingerprint density at radius 2 is 1.58 bits per heavy atom. The monoisotopic (exact) mass is 322 g/mol. The molecule has 4 heteroatoms. The van der Waals surface area contributed by atoms with E-state index in [1.165, 1.54) is 0 Å². The second-order valence-corrected chi connectivity index (χ2v) is 5.15. The molecular formula is C20H18O4. The molecule has 0 aliphatic rings. The minimum atomic E-state index is -0.798. The van der Waals surface area contributed by atoms with Crippen LogP contribution < -0.4 is 0 Å². The minimum absolute atomic E-state index is 0.122. The molecule has 0 spiro atoms. The third kappa shape index (κ3) is 4.04. The number of allylic oxidation sites excluding steroid dienone is 1. The highest BCUT2D eigenvalue weighted by atomic mass is 16.5. The van der Waals surface area contributed by atoms with Gasteiger partial charge < -0.3 is 4.74 Å². The number of aryl methyl sites for hydroxylation is 1. The van der Waals surface area contributed by atoms with Crippen molar-refractivity contribution in [1.82, 2.24) is 0 Å². The Hall–Kier alpha value is -3.01. The Labute approximate surface area is 140 Å². The van der Waals surface area contributed by atoms with E-state index >= 15 is 0 Å². The maximum atomic E-state index is 12.6. The number of hydrogen-bond acceptors (Lipinski definition) is 4. The lowest BCUT2D eigenvalue weighted by molar-refractivity contribution is -0.138. The molecule has 0 amide bonds. The van der Waals surface area contributed by atoms with Gasteiger partial charge >= 0.3 is 5.97 Å². The van der Waals surface area contributed by atoms with E-state index in [-0.39, 0.29) is 12.2 Å². The summed E-state index contributed by atoms with van der Waals surface area (Å²) in [5, 5.41) is 0. The SMILES string of the molecule is CCOC(=O)/C(=C/C(=O)c1ccccc1C)C(=O)c1ccccc1. The number of benzene rings is 2. The molecule has 0 saturated heterocycles. The normalized spacial score (nSPS) is 11.0. The van der Waals surface area contributed by atoms with Crippen LogP contribution in [0, 0.1) is 6.92 Å². The van der Waals surface area contributed by atoms with E-state index in [0.717, 1.165) is 11.6 Å². The molecule has 2 aromatic carbocycles. The van der Waals surface area contributed by atoms with Gasteiger partial charge in [0.2, 0.25) is 0 Å². The molecular weight excluding hydrogens is 304 g/mol. The van der Waals surface area contributed by atoms with E-state index in [9.17, 15) is 14.4 Å². The summed E-state index contributed by atoms with van der Waals surface area (Å²) in [6, 6.07) is 15.3. The number of rotatable bonds is 6. The number of esters is 1. The molecule has 2 aromatic rings. The fraction of sp³-hybridized carbons (Fsp3) is 0.150. The van der Waals surface area contributed by atoms with Gasteiger partial charge in [0.05, 0.1) is 6.61 Å². The predicted molar refractivity (Wildman–Crippen MR) is 91.0 cm³/mol. The van der Waals surface area contributed by atoms with Crippen LogP contribution >= 0.6 is 0 Å². The average Bonchev–Trinajstić information content (AvgIpc) is 2.60. The van der Waals surface area contributed by atoms with Crippen LogP contribution in [0.3, 0.4) is 0 Å². The minimum Gasteiger partial charge on any atom is -0.462 e. The summed E-state index contributed by atoms with van der Waals surface area (Å²) in [7, 11) is 0. The first-order chi connectivity index (χ1) is 11.5. The Kier molecular flexibility index (Phi) is 5.79. The van der Waals surface area contributed by atoms with E-state index in [4.69, 9.17) is 4.74 Å². The van der Waals surface area contributed by atoms with Gasteiger partial charge in [0.15, 0.2) is 11.6 Å². The van der Waals surface area contributed by atoms with E-state index in [1.54, 1.807) is 62.4 Å². The van der Waals surface area contributed by atoms with Crippen molar-refractivity contribution in [2.45, 2.75) is 13.8 Å². The molecule has 0 aliphatic heterocycles. The van der Waals surface area contributed by atoms with Crippen molar-refractivity contribution in [2.24, 2.45) is 0 Å². The van der Waals surface area contributed by atoms with Gasteiger partial charge in [-0.25, -0.2) is 4.79 Å².